The molecule has 0 aliphatic rings. The summed E-state index contributed by atoms with van der Waals surface area (Å²) >= 11 is 0. The van der Waals surface area contributed by atoms with Gasteiger partial charge in [0.25, 0.3) is 0 Å². The highest BCUT2D eigenvalue weighted by Gasteiger charge is 2.16. The average molecular weight is 385 g/mol. The lowest BCUT2D eigenvalue weighted by Gasteiger charge is -2.08. The van der Waals surface area contributed by atoms with Crippen LogP contribution < -0.4 is 0 Å². The Morgan fingerprint density at radius 3 is 2.38 bits per heavy atom. The van der Waals surface area contributed by atoms with Crippen LogP contribution in [-0.2, 0) is 0 Å². The number of hydrogen-bond donors (Lipinski definition) is 0. The summed E-state index contributed by atoms with van der Waals surface area (Å²) in [5.41, 5.74) is 5.43. The molecule has 0 saturated heterocycles. The molecule has 3 aromatic heterocycles. The number of aromatic nitrogens is 2. The molecule has 29 heavy (non-hydrogen) atoms. The van der Waals surface area contributed by atoms with E-state index in [1.54, 1.807) is 6.07 Å². The van der Waals surface area contributed by atoms with Gasteiger partial charge in [-0.05, 0) is 74.1 Å². The zero-order valence-electron chi connectivity index (χ0n) is 22.1. The van der Waals surface area contributed by atoms with Crippen LogP contribution >= 0.6 is 0 Å². The van der Waals surface area contributed by atoms with Gasteiger partial charge in [-0.2, -0.15) is 0 Å². The first-order chi connectivity index (χ1) is 16.4. The number of rotatable bonds is 2. The van der Waals surface area contributed by atoms with Gasteiger partial charge in [-0.1, -0.05) is 30.3 Å². The number of benzene rings is 2. The Labute approximate surface area is 178 Å². The molecule has 5 aromatic rings. The van der Waals surface area contributed by atoms with Crippen LogP contribution in [-0.4, -0.2) is 9.97 Å². The fourth-order valence-corrected chi connectivity index (χ4v) is 3.84. The molecule has 0 unspecified atom stereocenters. The van der Waals surface area contributed by atoms with E-state index < -0.39 is 13.7 Å². The van der Waals surface area contributed by atoms with Gasteiger partial charge in [0.2, 0.25) is 5.71 Å². The van der Waals surface area contributed by atoms with E-state index >= 15 is 0 Å². The third kappa shape index (κ3) is 2.82. The number of nitrogens with zero attached hydrogens (tertiary/aromatic N) is 2. The molecule has 0 radical (unpaired) electrons. The van der Waals surface area contributed by atoms with Gasteiger partial charge < -0.3 is 4.42 Å². The minimum absolute atomic E-state index is 0.244. The minimum Gasteiger partial charge on any atom is -0.437 e. The van der Waals surface area contributed by atoms with E-state index in [1.807, 2.05) is 56.3 Å². The summed E-state index contributed by atoms with van der Waals surface area (Å²) in [4.78, 5) is 9.10. The molecule has 0 saturated carbocycles. The van der Waals surface area contributed by atoms with Crippen LogP contribution in [0.5, 0.6) is 0 Å². The number of fused-ring (bicyclic) bond motifs is 3. The van der Waals surface area contributed by atoms with Crippen molar-refractivity contribution in [3.8, 4) is 22.5 Å². The molecular formula is C26H22N2O. The van der Waals surface area contributed by atoms with Gasteiger partial charge in [-0.25, -0.2) is 4.98 Å². The lowest BCUT2D eigenvalue weighted by molar-refractivity contribution is 0.655. The third-order valence-corrected chi connectivity index (χ3v) is 5.28. The first-order valence-electron chi connectivity index (χ1n) is 12.4. The number of pyridine rings is 2. The lowest BCUT2D eigenvalue weighted by atomic mass is 9.99. The second-order valence-corrected chi connectivity index (χ2v) is 7.22. The molecule has 0 atom stereocenters. The van der Waals surface area contributed by atoms with Crippen molar-refractivity contribution >= 4 is 22.1 Å². The Hall–Kier alpha value is -3.46. The van der Waals surface area contributed by atoms with Crippen LogP contribution in [0, 0.1) is 27.6 Å². The largest absolute Gasteiger partial charge is 0.437 e. The van der Waals surface area contributed by atoms with Crippen molar-refractivity contribution in [3.63, 3.8) is 0 Å². The van der Waals surface area contributed by atoms with Gasteiger partial charge in [0.15, 0.2) is 0 Å². The fourth-order valence-electron chi connectivity index (χ4n) is 3.84. The highest BCUT2D eigenvalue weighted by molar-refractivity contribution is 6.08. The van der Waals surface area contributed by atoms with Crippen molar-refractivity contribution in [2.24, 2.45) is 0 Å². The highest BCUT2D eigenvalue weighted by atomic mass is 16.3. The standard InChI is InChI=1S/C26H22N2O/c1-15-7-5-8-16(2)24(15)22-12-11-20-19-9-6-10-21(25(19)29-26(20)28-22)23-13-17(3)18(4)14-27-23/h5-14H,1-4H3/i3D3,4D3. The molecule has 2 aromatic carbocycles. The predicted molar refractivity (Wildman–Crippen MR) is 119 cm³/mol. The maximum atomic E-state index is 7.87. The lowest BCUT2D eigenvalue weighted by Crippen LogP contribution is -1.90. The van der Waals surface area contributed by atoms with Gasteiger partial charge in [-0.3, -0.25) is 4.98 Å². The molecule has 3 nitrogen and oxygen atoms in total. The Morgan fingerprint density at radius 2 is 1.59 bits per heavy atom. The van der Waals surface area contributed by atoms with E-state index in [4.69, 9.17) is 17.6 Å². The van der Waals surface area contributed by atoms with E-state index in [0.717, 1.165) is 39.4 Å². The number of furan rings is 1. The molecule has 0 bridgehead atoms. The number of aryl methyl sites for hydroxylation is 4. The SMILES string of the molecule is [2H]C([2H])([2H])c1cnc(-c2cccc3c2oc2nc(-c4c(C)cccc4C)ccc23)cc1C([2H])([2H])[2H]. The van der Waals surface area contributed by atoms with Crippen LogP contribution in [0.1, 0.15) is 30.5 Å². The summed E-state index contributed by atoms with van der Waals surface area (Å²) in [5.74, 6) is 0. The van der Waals surface area contributed by atoms with E-state index in [-0.39, 0.29) is 11.1 Å². The normalized spacial score (nSPS) is 15.4. The second-order valence-electron chi connectivity index (χ2n) is 7.22. The quantitative estimate of drug-likeness (QED) is 0.331. The van der Waals surface area contributed by atoms with Crippen molar-refractivity contribution in [2.45, 2.75) is 27.6 Å². The molecule has 0 amide bonds. The van der Waals surface area contributed by atoms with Gasteiger partial charge in [0.1, 0.15) is 5.58 Å². The molecule has 142 valence electrons. The molecule has 0 N–H and O–H groups in total. The highest BCUT2D eigenvalue weighted by Crippen LogP contribution is 2.36. The summed E-state index contributed by atoms with van der Waals surface area (Å²) in [6, 6.07) is 16.9. The topological polar surface area (TPSA) is 38.9 Å². The van der Waals surface area contributed by atoms with Crippen molar-refractivity contribution in [1.82, 2.24) is 9.97 Å². The van der Waals surface area contributed by atoms with Crippen molar-refractivity contribution in [2.75, 3.05) is 0 Å². The first-order valence-corrected chi connectivity index (χ1v) is 9.35. The molecule has 0 spiro atoms. The van der Waals surface area contributed by atoms with Crippen molar-refractivity contribution in [3.05, 3.63) is 83.0 Å². The van der Waals surface area contributed by atoms with E-state index in [0.29, 0.717) is 22.6 Å². The maximum absolute atomic E-state index is 7.87. The molecule has 0 fully saturated rings. The van der Waals surface area contributed by atoms with Crippen LogP contribution in [0.15, 0.2) is 65.2 Å². The van der Waals surface area contributed by atoms with Crippen LogP contribution in [0.4, 0.5) is 0 Å². The summed E-state index contributed by atoms with van der Waals surface area (Å²) in [6.07, 6.45) is 1.13. The number of para-hydroxylation sites is 1. The Morgan fingerprint density at radius 1 is 0.793 bits per heavy atom. The molecule has 3 heteroatoms. The maximum Gasteiger partial charge on any atom is 0.227 e. The smallest absolute Gasteiger partial charge is 0.227 e. The fraction of sp³-hybridized carbons (Fsp3) is 0.154. The summed E-state index contributed by atoms with van der Waals surface area (Å²) < 4.78 is 52.9. The van der Waals surface area contributed by atoms with Crippen molar-refractivity contribution in [1.29, 1.82) is 0 Å². The van der Waals surface area contributed by atoms with Crippen LogP contribution in [0.25, 0.3) is 44.6 Å². The van der Waals surface area contributed by atoms with Crippen LogP contribution in [0.2, 0.25) is 0 Å². The Bertz CT molecular complexity index is 1580. The summed E-state index contributed by atoms with van der Waals surface area (Å²) in [6.45, 7) is -1.11. The van der Waals surface area contributed by atoms with E-state index in [9.17, 15) is 0 Å². The monoisotopic (exact) mass is 384 g/mol. The van der Waals surface area contributed by atoms with Crippen molar-refractivity contribution < 1.29 is 12.6 Å². The molecule has 3 heterocycles. The van der Waals surface area contributed by atoms with Gasteiger partial charge >= 0.3 is 0 Å². The summed E-state index contributed by atoms with van der Waals surface area (Å²) in [5, 5.41) is 1.64. The van der Waals surface area contributed by atoms with Gasteiger partial charge in [0.05, 0.1) is 11.4 Å². The number of hydrogen-bond acceptors (Lipinski definition) is 3. The zero-order chi connectivity index (χ0) is 25.1. The average Bonchev–Trinajstić information content (AvgIpc) is 3.15. The van der Waals surface area contributed by atoms with Gasteiger partial charge in [-0.15, -0.1) is 0 Å². The Kier molecular flexibility index (Phi) is 2.75. The minimum atomic E-state index is -2.61. The van der Waals surface area contributed by atoms with Gasteiger partial charge in [0, 0.05) is 36.3 Å². The third-order valence-electron chi connectivity index (χ3n) is 5.28. The summed E-state index contributed by atoms with van der Waals surface area (Å²) in [7, 11) is 0. The predicted octanol–water partition coefficient (Wildman–Crippen LogP) is 6.94. The first kappa shape index (κ1) is 12.2. The molecule has 5 rings (SSSR count). The van der Waals surface area contributed by atoms with E-state index in [1.165, 1.54) is 6.07 Å². The second kappa shape index (κ2) is 6.56. The Balaban J connectivity index is 1.72. The molecule has 0 aliphatic carbocycles. The van der Waals surface area contributed by atoms with E-state index in [2.05, 4.69) is 4.98 Å². The zero-order valence-corrected chi connectivity index (χ0v) is 16.1. The molecular weight excluding hydrogens is 356 g/mol. The molecule has 0 aliphatic heterocycles. The van der Waals surface area contributed by atoms with Crippen LogP contribution in [0.3, 0.4) is 0 Å².